The number of hydrogen-bond acceptors (Lipinski definition) is 4. The number of carbonyl (C=O) groups is 2. The lowest BCUT2D eigenvalue weighted by Crippen LogP contribution is -2.51. The third kappa shape index (κ3) is 3.62. The molecule has 1 unspecified atom stereocenters. The molecule has 0 aliphatic carbocycles. The molecule has 2 fully saturated rings. The molecule has 2 amide bonds. The van der Waals surface area contributed by atoms with Crippen LogP contribution >= 0.6 is 0 Å². The summed E-state index contributed by atoms with van der Waals surface area (Å²) < 4.78 is 5.50. The van der Waals surface area contributed by atoms with Crippen LogP contribution < -0.4 is 4.90 Å². The van der Waals surface area contributed by atoms with Crippen molar-refractivity contribution in [2.75, 3.05) is 50.8 Å². The van der Waals surface area contributed by atoms with Crippen LogP contribution in [0.15, 0.2) is 24.3 Å². The van der Waals surface area contributed by atoms with Crippen molar-refractivity contribution in [3.05, 3.63) is 29.8 Å². The average molecular weight is 357 g/mol. The van der Waals surface area contributed by atoms with Gasteiger partial charge in [0.15, 0.2) is 0 Å². The molecule has 0 N–H and O–H groups in total. The number of ether oxygens (including phenoxy) is 1. The second-order valence-corrected chi connectivity index (χ2v) is 7.34. The highest BCUT2D eigenvalue weighted by Gasteiger charge is 2.30. The van der Waals surface area contributed by atoms with Gasteiger partial charge in [0.2, 0.25) is 5.91 Å². The largest absolute Gasteiger partial charge is 0.368 e. The van der Waals surface area contributed by atoms with E-state index in [1.807, 2.05) is 28.0 Å². The van der Waals surface area contributed by atoms with Crippen LogP contribution in [-0.4, -0.2) is 73.6 Å². The maximum atomic E-state index is 12.6. The summed E-state index contributed by atoms with van der Waals surface area (Å²) in [4.78, 5) is 31.1. The number of carbonyl (C=O) groups excluding carboxylic acids is 2. The van der Waals surface area contributed by atoms with Gasteiger partial charge in [0.05, 0.1) is 0 Å². The smallest absolute Gasteiger partial charge is 0.251 e. The molecule has 0 spiro atoms. The zero-order chi connectivity index (χ0) is 17.9. The topological polar surface area (TPSA) is 53.1 Å². The summed E-state index contributed by atoms with van der Waals surface area (Å²) in [5.41, 5.74) is 2.34. The van der Waals surface area contributed by atoms with Gasteiger partial charge in [-0.15, -0.1) is 0 Å². The Bertz CT molecular complexity index is 664. The number of para-hydroxylation sites is 1. The zero-order valence-corrected chi connectivity index (χ0v) is 15.2. The molecular formula is C20H27N3O3. The lowest BCUT2D eigenvalue weighted by molar-refractivity contribution is -0.142. The number of piperazine rings is 1. The van der Waals surface area contributed by atoms with Crippen LogP contribution in [0.4, 0.5) is 5.69 Å². The van der Waals surface area contributed by atoms with Crippen molar-refractivity contribution in [1.29, 1.82) is 0 Å². The lowest BCUT2D eigenvalue weighted by Gasteiger charge is -2.35. The molecule has 0 radical (unpaired) electrons. The first-order chi connectivity index (χ1) is 12.7. The van der Waals surface area contributed by atoms with Crippen LogP contribution in [0.5, 0.6) is 0 Å². The Balaban J connectivity index is 1.23. The number of amides is 2. The van der Waals surface area contributed by atoms with Crippen molar-refractivity contribution in [3.8, 4) is 0 Å². The highest BCUT2D eigenvalue weighted by Crippen LogP contribution is 2.27. The molecule has 1 aromatic rings. The summed E-state index contributed by atoms with van der Waals surface area (Å²) in [7, 11) is 0. The van der Waals surface area contributed by atoms with E-state index in [1.165, 1.54) is 5.56 Å². The molecular weight excluding hydrogens is 330 g/mol. The minimum atomic E-state index is -0.224. The summed E-state index contributed by atoms with van der Waals surface area (Å²) in [6, 6.07) is 8.17. The summed E-state index contributed by atoms with van der Waals surface area (Å²) in [5.74, 6) is 0.347. The van der Waals surface area contributed by atoms with Gasteiger partial charge in [-0.05, 0) is 30.9 Å². The van der Waals surface area contributed by atoms with Gasteiger partial charge in [0.25, 0.3) is 5.91 Å². The Kier molecular flexibility index (Phi) is 5.22. The second-order valence-electron chi connectivity index (χ2n) is 7.34. The number of hydrogen-bond donors (Lipinski definition) is 0. The first kappa shape index (κ1) is 17.5. The van der Waals surface area contributed by atoms with E-state index in [0.29, 0.717) is 13.0 Å². The van der Waals surface area contributed by atoms with Crippen molar-refractivity contribution in [2.24, 2.45) is 0 Å². The van der Waals surface area contributed by atoms with Gasteiger partial charge in [0.1, 0.15) is 6.10 Å². The van der Waals surface area contributed by atoms with Gasteiger partial charge >= 0.3 is 0 Å². The van der Waals surface area contributed by atoms with Gasteiger partial charge in [-0.3, -0.25) is 14.5 Å². The molecule has 1 atom stereocenters. The Morgan fingerprint density at radius 2 is 1.88 bits per heavy atom. The molecule has 26 heavy (non-hydrogen) atoms. The number of anilines is 1. The fourth-order valence-corrected chi connectivity index (χ4v) is 4.15. The summed E-state index contributed by atoms with van der Waals surface area (Å²) >= 11 is 0. The van der Waals surface area contributed by atoms with Crippen LogP contribution in [0.2, 0.25) is 0 Å². The molecule has 6 heteroatoms. The number of nitrogens with zero attached hydrogens (tertiary/aromatic N) is 3. The quantitative estimate of drug-likeness (QED) is 0.815. The third-order valence-electron chi connectivity index (χ3n) is 5.72. The van der Waals surface area contributed by atoms with E-state index in [0.717, 1.165) is 64.2 Å². The zero-order valence-electron chi connectivity index (χ0n) is 15.2. The molecule has 6 nitrogen and oxygen atoms in total. The average Bonchev–Trinajstić information content (AvgIpc) is 3.36. The van der Waals surface area contributed by atoms with E-state index >= 15 is 0 Å². The van der Waals surface area contributed by atoms with Crippen LogP contribution in [0, 0.1) is 0 Å². The van der Waals surface area contributed by atoms with E-state index in [9.17, 15) is 9.59 Å². The third-order valence-corrected chi connectivity index (χ3v) is 5.72. The summed E-state index contributed by atoms with van der Waals surface area (Å²) in [5, 5.41) is 0. The first-order valence-corrected chi connectivity index (χ1v) is 9.73. The first-order valence-electron chi connectivity index (χ1n) is 9.73. The monoisotopic (exact) mass is 357 g/mol. The second kappa shape index (κ2) is 7.76. The van der Waals surface area contributed by atoms with Gasteiger partial charge in [-0.1, -0.05) is 18.2 Å². The van der Waals surface area contributed by atoms with E-state index in [4.69, 9.17) is 4.74 Å². The van der Waals surface area contributed by atoms with Crippen LogP contribution in [0.25, 0.3) is 0 Å². The fourth-order valence-electron chi connectivity index (χ4n) is 4.15. The molecule has 0 aromatic heterocycles. The molecule has 2 saturated heterocycles. The SMILES string of the molecule is O=C(C1CCCO1)N1CCN(CCC(=O)N2CCc3ccccc32)CC1. The number of benzene rings is 1. The Morgan fingerprint density at radius 1 is 1.08 bits per heavy atom. The Hall–Kier alpha value is -1.92. The van der Waals surface area contributed by atoms with Gasteiger partial charge in [-0.2, -0.15) is 0 Å². The van der Waals surface area contributed by atoms with Crippen LogP contribution in [-0.2, 0) is 20.7 Å². The lowest BCUT2D eigenvalue weighted by atomic mass is 10.2. The minimum Gasteiger partial charge on any atom is -0.368 e. The van der Waals surface area contributed by atoms with Crippen molar-refractivity contribution >= 4 is 17.5 Å². The van der Waals surface area contributed by atoms with Gasteiger partial charge in [0, 0.05) is 58.0 Å². The van der Waals surface area contributed by atoms with E-state index in [2.05, 4.69) is 11.0 Å². The van der Waals surface area contributed by atoms with Gasteiger partial charge in [-0.25, -0.2) is 0 Å². The normalized spacial score (nSPS) is 23.3. The fraction of sp³-hybridized carbons (Fsp3) is 0.600. The van der Waals surface area contributed by atoms with Crippen molar-refractivity contribution in [2.45, 2.75) is 31.8 Å². The maximum absolute atomic E-state index is 12.6. The maximum Gasteiger partial charge on any atom is 0.251 e. The summed E-state index contributed by atoms with van der Waals surface area (Å²) in [6.45, 7) is 5.41. The number of fused-ring (bicyclic) bond motifs is 1. The number of rotatable bonds is 4. The standard InChI is InChI=1S/C20H27N3O3/c24-19(23-10-7-16-4-1-2-5-17(16)23)8-9-21-11-13-22(14-12-21)20(25)18-6-3-15-26-18/h1-2,4-5,18H,3,6-15H2. The highest BCUT2D eigenvalue weighted by molar-refractivity contribution is 5.95. The predicted molar refractivity (Wildman–Crippen MR) is 99.1 cm³/mol. The van der Waals surface area contributed by atoms with Crippen LogP contribution in [0.3, 0.4) is 0 Å². The van der Waals surface area contributed by atoms with E-state index in [-0.39, 0.29) is 17.9 Å². The predicted octanol–water partition coefficient (Wildman–Crippen LogP) is 1.29. The van der Waals surface area contributed by atoms with Crippen molar-refractivity contribution in [1.82, 2.24) is 9.80 Å². The molecule has 0 saturated carbocycles. The Labute approximate surface area is 154 Å². The van der Waals surface area contributed by atoms with Crippen molar-refractivity contribution in [3.63, 3.8) is 0 Å². The minimum absolute atomic E-state index is 0.145. The van der Waals surface area contributed by atoms with E-state index in [1.54, 1.807) is 0 Å². The molecule has 1 aromatic carbocycles. The molecule has 4 rings (SSSR count). The van der Waals surface area contributed by atoms with Crippen molar-refractivity contribution < 1.29 is 14.3 Å². The molecule has 140 valence electrons. The van der Waals surface area contributed by atoms with E-state index < -0.39 is 0 Å². The molecule has 3 heterocycles. The summed E-state index contributed by atoms with van der Waals surface area (Å²) in [6.07, 6.45) is 3.10. The molecule has 3 aliphatic rings. The molecule has 0 bridgehead atoms. The Morgan fingerprint density at radius 3 is 2.65 bits per heavy atom. The van der Waals surface area contributed by atoms with Crippen LogP contribution in [0.1, 0.15) is 24.8 Å². The van der Waals surface area contributed by atoms with Gasteiger partial charge < -0.3 is 14.5 Å². The molecule has 3 aliphatic heterocycles. The highest BCUT2D eigenvalue weighted by atomic mass is 16.5.